The first-order chi connectivity index (χ1) is 27.2. The molecule has 0 aliphatic heterocycles. The third-order valence-electron chi connectivity index (χ3n) is 9.15. The first-order valence-electron chi connectivity index (χ1n) is 18.6. The Hall–Kier alpha value is -5.97. The van der Waals surface area contributed by atoms with Gasteiger partial charge in [0.15, 0.2) is 0 Å². The molecule has 1 heterocycles. The van der Waals surface area contributed by atoms with Crippen molar-refractivity contribution in [2.75, 3.05) is 6.54 Å². The average Bonchev–Trinajstić information content (AvgIpc) is 3.60. The number of aromatic nitrogens is 1. The Kier molecular flexibility index (Phi) is 16.4. The van der Waals surface area contributed by atoms with Crippen molar-refractivity contribution < 1.29 is 28.8 Å². The largest absolute Gasteiger partial charge is 0.368 e. The van der Waals surface area contributed by atoms with Gasteiger partial charge in [-0.3, -0.25) is 29.4 Å². The van der Waals surface area contributed by atoms with E-state index in [9.17, 15) is 28.8 Å². The highest BCUT2D eigenvalue weighted by Gasteiger charge is 2.31. The first kappa shape index (κ1) is 43.8. The van der Waals surface area contributed by atoms with Crippen LogP contribution in [-0.4, -0.2) is 82.3 Å². The molecule has 0 bridgehead atoms. The number of rotatable bonds is 19. The van der Waals surface area contributed by atoms with Crippen LogP contribution in [-0.2, 0) is 43.4 Å². The Bertz CT molecular complexity index is 1990. The van der Waals surface area contributed by atoms with Crippen LogP contribution in [0.1, 0.15) is 49.8 Å². The number of H-pyrrole nitrogens is 1. The summed E-state index contributed by atoms with van der Waals surface area (Å²) in [5, 5.41) is 12.9. The number of hydrogen-bond acceptors (Lipinski definition) is 8. The maximum Gasteiger partial charge on any atom is 0.337 e. The number of nitrogens with two attached hydrogens (primary N) is 3. The molecule has 0 aliphatic carbocycles. The summed E-state index contributed by atoms with van der Waals surface area (Å²) in [5.41, 5.74) is 22.4. The normalized spacial score (nSPS) is 13.6. The summed E-state index contributed by atoms with van der Waals surface area (Å²) in [6, 6.07) is 16.6. The maximum atomic E-state index is 14.0. The van der Waals surface area contributed by atoms with E-state index in [1.807, 2.05) is 24.3 Å². The van der Waals surface area contributed by atoms with Crippen LogP contribution in [0.5, 0.6) is 0 Å². The van der Waals surface area contributed by atoms with E-state index in [0.717, 1.165) is 21.5 Å². The van der Waals surface area contributed by atoms with Gasteiger partial charge in [-0.05, 0) is 74.5 Å². The van der Waals surface area contributed by atoms with E-state index in [1.54, 1.807) is 60.8 Å². The molecule has 1 aromatic heterocycles. The lowest BCUT2D eigenvalue weighted by atomic mass is 10.0. The number of aromatic amines is 1. The number of fused-ring (bicyclic) bond motifs is 1. The van der Waals surface area contributed by atoms with Gasteiger partial charge in [-0.15, -0.1) is 0 Å². The first-order valence-corrected chi connectivity index (χ1v) is 19.0. The van der Waals surface area contributed by atoms with E-state index in [-0.39, 0.29) is 25.8 Å². The number of halogens is 1. The molecule has 0 saturated heterocycles. The molecule has 0 saturated carbocycles. The predicted molar refractivity (Wildman–Crippen MR) is 217 cm³/mol. The zero-order valence-corrected chi connectivity index (χ0v) is 32.7. The molecule has 4 aromatic rings. The van der Waals surface area contributed by atoms with E-state index < -0.39 is 65.8 Å². The van der Waals surface area contributed by atoms with Crippen LogP contribution in [0.3, 0.4) is 0 Å². The quantitative estimate of drug-likeness (QED) is 0.0496. The summed E-state index contributed by atoms with van der Waals surface area (Å²) in [6.45, 7) is 3.13. The van der Waals surface area contributed by atoms with Crippen molar-refractivity contribution >= 4 is 58.1 Å². The van der Waals surface area contributed by atoms with Crippen molar-refractivity contribution in [1.82, 2.24) is 36.7 Å². The molecule has 16 nitrogen and oxygen atoms in total. The molecule has 12 N–H and O–H groups in total. The number of carbonyl (C=O) groups excluding carboxylic acids is 6. The number of primary amides is 1. The molecule has 0 fully saturated rings. The predicted octanol–water partition coefficient (Wildman–Crippen LogP) is 1.65. The zero-order chi connectivity index (χ0) is 41.5. The maximum absolute atomic E-state index is 14.0. The minimum Gasteiger partial charge on any atom is -0.368 e. The van der Waals surface area contributed by atoms with Crippen LogP contribution < -0.4 is 43.9 Å². The molecule has 0 unspecified atom stereocenters. The van der Waals surface area contributed by atoms with Crippen molar-refractivity contribution in [3.8, 4) is 0 Å². The minimum atomic E-state index is -1.22. The van der Waals surface area contributed by atoms with Gasteiger partial charge >= 0.3 is 6.03 Å². The lowest BCUT2D eigenvalue weighted by Crippen LogP contribution is -2.60. The molecule has 5 atom stereocenters. The number of amides is 7. The number of urea groups is 1. The van der Waals surface area contributed by atoms with E-state index in [4.69, 9.17) is 28.8 Å². The number of benzene rings is 3. The van der Waals surface area contributed by atoms with Crippen LogP contribution in [0.2, 0.25) is 5.02 Å². The van der Waals surface area contributed by atoms with Crippen LogP contribution in [0.25, 0.3) is 10.9 Å². The molecular weight excluding hydrogens is 752 g/mol. The second-order valence-electron chi connectivity index (χ2n) is 13.8. The number of para-hydroxylation sites is 1. The summed E-state index contributed by atoms with van der Waals surface area (Å²) in [5.74, 6) is -3.42. The summed E-state index contributed by atoms with van der Waals surface area (Å²) in [4.78, 5) is 83.2. The molecule has 0 spiro atoms. The number of hydrogen-bond donors (Lipinski definition) is 9. The van der Waals surface area contributed by atoms with Gasteiger partial charge in [-0.25, -0.2) is 9.80 Å². The Labute approximate surface area is 336 Å². The fourth-order valence-corrected chi connectivity index (χ4v) is 6.04. The lowest BCUT2D eigenvalue weighted by Gasteiger charge is -2.29. The number of nitrogens with zero attached hydrogens (tertiary/aromatic N) is 1. The molecule has 304 valence electrons. The minimum absolute atomic E-state index is 0.0346. The smallest absolute Gasteiger partial charge is 0.337 e. The monoisotopic (exact) mass is 802 g/mol. The lowest BCUT2D eigenvalue weighted by molar-refractivity contribution is -0.133. The number of hydrazine groups is 1. The topological polar surface area (TPSA) is 260 Å². The second-order valence-corrected chi connectivity index (χ2v) is 14.2. The molecule has 0 radical (unpaired) electrons. The fourth-order valence-electron chi connectivity index (χ4n) is 5.91. The molecule has 4 rings (SSSR count). The second kappa shape index (κ2) is 21.4. The van der Waals surface area contributed by atoms with E-state index in [2.05, 4.69) is 31.7 Å². The van der Waals surface area contributed by atoms with Gasteiger partial charge in [0, 0.05) is 35.0 Å². The van der Waals surface area contributed by atoms with E-state index >= 15 is 0 Å². The van der Waals surface area contributed by atoms with Gasteiger partial charge in [0.05, 0.1) is 12.6 Å². The third-order valence-corrected chi connectivity index (χ3v) is 9.40. The summed E-state index contributed by atoms with van der Waals surface area (Å²) < 4.78 is 0. The number of carbonyl (C=O) groups is 6. The molecule has 0 aliphatic rings. The summed E-state index contributed by atoms with van der Waals surface area (Å²) in [6.07, 6.45) is 3.28. The highest BCUT2D eigenvalue weighted by atomic mass is 35.5. The van der Waals surface area contributed by atoms with Crippen LogP contribution in [0, 0.1) is 0 Å². The van der Waals surface area contributed by atoms with Crippen molar-refractivity contribution in [3.63, 3.8) is 0 Å². The SMILES string of the molecule is C[C@H](N)C(=O)N[C@H](Cc1c[nH]c2ccccc12)C(=O)N[C@@H](C)C(=O)NN(Cc1ccc(Cl)cc1)C(=O)N[C@H](Cc1ccccc1)C(=O)N[C@@H](CCCCN)C(N)=O. The van der Waals surface area contributed by atoms with Crippen molar-refractivity contribution in [2.45, 2.75) is 82.7 Å². The van der Waals surface area contributed by atoms with Crippen LogP contribution in [0.15, 0.2) is 85.1 Å². The van der Waals surface area contributed by atoms with Gasteiger partial charge in [0.25, 0.3) is 5.91 Å². The number of nitrogens with one attached hydrogen (secondary N) is 6. The average molecular weight is 803 g/mol. The van der Waals surface area contributed by atoms with Gasteiger partial charge in [-0.1, -0.05) is 72.3 Å². The highest BCUT2D eigenvalue weighted by molar-refractivity contribution is 6.30. The Morgan fingerprint density at radius 2 is 1.35 bits per heavy atom. The summed E-state index contributed by atoms with van der Waals surface area (Å²) >= 11 is 6.10. The van der Waals surface area contributed by atoms with Gasteiger partial charge in [-0.2, -0.15) is 0 Å². The Balaban J connectivity index is 1.54. The third kappa shape index (κ3) is 13.3. The zero-order valence-electron chi connectivity index (χ0n) is 31.9. The molecule has 7 amide bonds. The summed E-state index contributed by atoms with van der Waals surface area (Å²) in [7, 11) is 0. The van der Waals surface area contributed by atoms with Crippen LogP contribution >= 0.6 is 11.6 Å². The molecule has 57 heavy (non-hydrogen) atoms. The Morgan fingerprint density at radius 1 is 0.719 bits per heavy atom. The highest BCUT2D eigenvalue weighted by Crippen LogP contribution is 2.19. The molecular formula is C40H51ClN10O6. The van der Waals surface area contributed by atoms with Crippen molar-refractivity contribution in [1.29, 1.82) is 0 Å². The van der Waals surface area contributed by atoms with Crippen molar-refractivity contribution in [2.24, 2.45) is 17.2 Å². The Morgan fingerprint density at radius 3 is 2.02 bits per heavy atom. The fraction of sp³-hybridized carbons (Fsp3) is 0.350. The van der Waals surface area contributed by atoms with Gasteiger partial charge in [0.1, 0.15) is 24.2 Å². The number of unbranched alkanes of at least 4 members (excludes halogenated alkanes) is 1. The van der Waals surface area contributed by atoms with E-state index in [0.29, 0.717) is 35.5 Å². The van der Waals surface area contributed by atoms with Gasteiger partial charge in [0.2, 0.25) is 23.6 Å². The standard InChI is InChI=1S/C40H51ClN10O6/c1-24(43)36(53)48-34(21-28-22-45-31-13-7-6-12-30(28)31)38(55)46-25(2)37(54)50-51(23-27-15-17-29(41)18-16-27)40(57)49-33(20-26-10-4-3-5-11-26)39(56)47-32(35(44)52)14-8-9-19-42/h3-7,10-13,15-18,22,24-25,32-34,45H,8-9,14,19-21,23,42-43H2,1-2H3,(H2,44,52)(H,46,55)(H,47,56)(H,48,53)(H,49,57)(H,50,54)/t24-,25-,32-,33+,34+/m0/s1. The van der Waals surface area contributed by atoms with Gasteiger partial charge < -0.3 is 43.5 Å². The van der Waals surface area contributed by atoms with Crippen molar-refractivity contribution in [3.05, 3.63) is 107 Å². The van der Waals surface area contributed by atoms with E-state index in [1.165, 1.54) is 13.8 Å². The van der Waals surface area contributed by atoms with Crippen LogP contribution in [0.4, 0.5) is 4.79 Å². The molecule has 17 heteroatoms. The molecule has 3 aromatic carbocycles.